The monoisotopic (exact) mass is 290 g/mol. The molecule has 0 aromatic carbocycles. The van der Waals surface area contributed by atoms with Gasteiger partial charge in [0.2, 0.25) is 0 Å². The molecule has 3 rings (SSSR count). The van der Waals surface area contributed by atoms with E-state index in [9.17, 15) is 4.79 Å². The Kier molecular flexibility index (Phi) is 3.82. The second-order valence-corrected chi connectivity index (χ2v) is 6.15. The van der Waals surface area contributed by atoms with Crippen molar-refractivity contribution in [1.82, 2.24) is 14.5 Å². The van der Waals surface area contributed by atoms with Gasteiger partial charge in [-0.2, -0.15) is 0 Å². The highest BCUT2D eigenvalue weighted by Crippen LogP contribution is 2.25. The van der Waals surface area contributed by atoms with Crippen molar-refractivity contribution >= 4 is 16.5 Å². The molecular weight excluding hydrogens is 272 g/mol. The van der Waals surface area contributed by atoms with Gasteiger partial charge in [0.15, 0.2) is 5.13 Å². The summed E-state index contributed by atoms with van der Waals surface area (Å²) in [6, 6.07) is 0. The zero-order chi connectivity index (χ0) is 13.9. The summed E-state index contributed by atoms with van der Waals surface area (Å²) in [6.07, 6.45) is 7.33. The Labute approximate surface area is 121 Å². The Morgan fingerprint density at radius 2 is 2.20 bits per heavy atom. The molecule has 0 unspecified atom stereocenters. The predicted molar refractivity (Wildman–Crippen MR) is 80.3 cm³/mol. The van der Waals surface area contributed by atoms with E-state index in [2.05, 4.69) is 14.9 Å². The van der Waals surface area contributed by atoms with E-state index >= 15 is 0 Å². The van der Waals surface area contributed by atoms with Crippen LogP contribution in [0.3, 0.4) is 0 Å². The fourth-order valence-electron chi connectivity index (χ4n) is 2.65. The molecule has 5 nitrogen and oxygen atoms in total. The van der Waals surface area contributed by atoms with Crippen LogP contribution in [0, 0.1) is 12.8 Å². The summed E-state index contributed by atoms with van der Waals surface area (Å²) < 4.78 is 1.75. The normalized spacial score (nSPS) is 16.6. The number of anilines is 1. The minimum Gasteiger partial charge on any atom is -0.348 e. The smallest absolute Gasteiger partial charge is 0.256 e. The molecule has 6 heteroatoms. The van der Waals surface area contributed by atoms with Gasteiger partial charge in [0.1, 0.15) is 0 Å². The van der Waals surface area contributed by atoms with Crippen molar-refractivity contribution in [1.29, 1.82) is 0 Å². The van der Waals surface area contributed by atoms with Crippen LogP contribution >= 0.6 is 11.3 Å². The standard InChI is InChI=1S/C14H18N4OS/c1-11-8-15-10-18(13(11)19)9-12-2-5-17(6-3-12)14-16-4-7-20-14/h4,7-8,10,12H,2-3,5-6,9H2,1H3. The fraction of sp³-hybridized carbons (Fsp3) is 0.500. The minimum atomic E-state index is 0.0855. The quantitative estimate of drug-likeness (QED) is 0.866. The average molecular weight is 290 g/mol. The second-order valence-electron chi connectivity index (χ2n) is 5.28. The summed E-state index contributed by atoms with van der Waals surface area (Å²) in [5.74, 6) is 0.549. The summed E-state index contributed by atoms with van der Waals surface area (Å²) in [5.41, 5.74) is 0.801. The molecule has 0 bridgehead atoms. The summed E-state index contributed by atoms with van der Waals surface area (Å²) in [4.78, 5) is 22.8. The van der Waals surface area contributed by atoms with Crippen LogP contribution in [-0.4, -0.2) is 27.6 Å². The number of thiazole rings is 1. The van der Waals surface area contributed by atoms with E-state index in [0.29, 0.717) is 11.5 Å². The van der Waals surface area contributed by atoms with Crippen LogP contribution in [-0.2, 0) is 6.54 Å². The van der Waals surface area contributed by atoms with Crippen molar-refractivity contribution in [2.75, 3.05) is 18.0 Å². The first kappa shape index (κ1) is 13.3. The number of hydrogen-bond acceptors (Lipinski definition) is 5. The largest absolute Gasteiger partial charge is 0.348 e. The van der Waals surface area contributed by atoms with Gasteiger partial charge in [-0.3, -0.25) is 9.36 Å². The maximum atomic E-state index is 12.0. The van der Waals surface area contributed by atoms with E-state index in [1.54, 1.807) is 28.4 Å². The number of aryl methyl sites for hydroxylation is 1. The number of piperidine rings is 1. The van der Waals surface area contributed by atoms with Crippen LogP contribution in [0.4, 0.5) is 5.13 Å². The van der Waals surface area contributed by atoms with Crippen LogP contribution in [0.2, 0.25) is 0 Å². The van der Waals surface area contributed by atoms with Gasteiger partial charge < -0.3 is 4.90 Å². The molecule has 20 heavy (non-hydrogen) atoms. The number of nitrogens with zero attached hydrogens (tertiary/aromatic N) is 4. The Balaban J connectivity index is 1.61. The lowest BCUT2D eigenvalue weighted by molar-refractivity contribution is 0.350. The van der Waals surface area contributed by atoms with Gasteiger partial charge in [0.25, 0.3) is 5.56 Å². The van der Waals surface area contributed by atoms with Crippen molar-refractivity contribution in [2.24, 2.45) is 5.92 Å². The van der Waals surface area contributed by atoms with E-state index in [0.717, 1.165) is 37.6 Å². The van der Waals surface area contributed by atoms with Gasteiger partial charge in [-0.05, 0) is 25.7 Å². The SMILES string of the molecule is Cc1cncn(CC2CCN(c3nccs3)CC2)c1=O. The highest BCUT2D eigenvalue weighted by Gasteiger charge is 2.21. The summed E-state index contributed by atoms with van der Waals surface area (Å²) in [6.45, 7) is 4.63. The van der Waals surface area contributed by atoms with Gasteiger partial charge in [-0.1, -0.05) is 0 Å². The van der Waals surface area contributed by atoms with Crippen molar-refractivity contribution in [3.05, 3.63) is 40.0 Å². The van der Waals surface area contributed by atoms with Crippen LogP contribution in [0.5, 0.6) is 0 Å². The molecule has 0 radical (unpaired) electrons. The van der Waals surface area contributed by atoms with Gasteiger partial charge in [0.05, 0.1) is 6.33 Å². The Bertz CT molecular complexity index is 614. The molecule has 0 saturated carbocycles. The summed E-state index contributed by atoms with van der Waals surface area (Å²) >= 11 is 1.69. The topological polar surface area (TPSA) is 51.0 Å². The lowest BCUT2D eigenvalue weighted by Crippen LogP contribution is -2.36. The summed E-state index contributed by atoms with van der Waals surface area (Å²) in [7, 11) is 0. The molecule has 2 aromatic rings. The molecule has 3 heterocycles. The zero-order valence-corrected chi connectivity index (χ0v) is 12.3. The first-order valence-electron chi connectivity index (χ1n) is 6.89. The highest BCUT2D eigenvalue weighted by atomic mass is 32.1. The van der Waals surface area contributed by atoms with Gasteiger partial charge in [0, 0.05) is 43.0 Å². The molecule has 1 aliphatic rings. The lowest BCUT2D eigenvalue weighted by atomic mass is 9.97. The molecule has 1 fully saturated rings. The molecule has 1 saturated heterocycles. The third-order valence-corrected chi connectivity index (χ3v) is 4.66. The van der Waals surface area contributed by atoms with E-state index in [-0.39, 0.29) is 5.56 Å². The number of aromatic nitrogens is 3. The van der Waals surface area contributed by atoms with E-state index in [1.807, 2.05) is 18.5 Å². The lowest BCUT2D eigenvalue weighted by Gasteiger charge is -2.31. The molecule has 106 valence electrons. The summed E-state index contributed by atoms with van der Waals surface area (Å²) in [5, 5.41) is 3.12. The molecule has 0 N–H and O–H groups in total. The van der Waals surface area contributed by atoms with E-state index in [1.165, 1.54) is 0 Å². The van der Waals surface area contributed by atoms with Crippen LogP contribution < -0.4 is 10.5 Å². The molecule has 0 aliphatic carbocycles. The predicted octanol–water partition coefficient (Wildman–Crippen LogP) is 1.92. The molecule has 0 atom stereocenters. The Hall–Kier alpha value is -1.69. The van der Waals surface area contributed by atoms with Crippen molar-refractivity contribution in [2.45, 2.75) is 26.3 Å². The second kappa shape index (κ2) is 5.75. The molecule has 0 amide bonds. The molecule has 1 aliphatic heterocycles. The third kappa shape index (κ3) is 2.75. The van der Waals surface area contributed by atoms with Gasteiger partial charge in [-0.15, -0.1) is 11.3 Å². The zero-order valence-electron chi connectivity index (χ0n) is 11.5. The first-order chi connectivity index (χ1) is 9.74. The van der Waals surface area contributed by atoms with Crippen LogP contribution in [0.25, 0.3) is 0 Å². The maximum absolute atomic E-state index is 12.0. The van der Waals surface area contributed by atoms with Gasteiger partial charge >= 0.3 is 0 Å². The average Bonchev–Trinajstić information content (AvgIpc) is 2.99. The van der Waals surface area contributed by atoms with Crippen LogP contribution in [0.15, 0.2) is 28.9 Å². The maximum Gasteiger partial charge on any atom is 0.256 e. The Morgan fingerprint density at radius 1 is 1.40 bits per heavy atom. The highest BCUT2D eigenvalue weighted by molar-refractivity contribution is 7.13. The van der Waals surface area contributed by atoms with Crippen molar-refractivity contribution in [3.63, 3.8) is 0 Å². The fourth-order valence-corrected chi connectivity index (χ4v) is 3.34. The molecule has 2 aromatic heterocycles. The molecular formula is C14H18N4OS. The number of hydrogen-bond donors (Lipinski definition) is 0. The van der Waals surface area contributed by atoms with Crippen LogP contribution in [0.1, 0.15) is 18.4 Å². The minimum absolute atomic E-state index is 0.0855. The third-order valence-electron chi connectivity index (χ3n) is 3.83. The molecule has 0 spiro atoms. The first-order valence-corrected chi connectivity index (χ1v) is 7.77. The van der Waals surface area contributed by atoms with Crippen molar-refractivity contribution in [3.8, 4) is 0 Å². The number of rotatable bonds is 3. The van der Waals surface area contributed by atoms with Crippen molar-refractivity contribution < 1.29 is 0 Å². The Morgan fingerprint density at radius 3 is 2.90 bits per heavy atom. The van der Waals surface area contributed by atoms with E-state index in [4.69, 9.17) is 0 Å². The van der Waals surface area contributed by atoms with E-state index < -0.39 is 0 Å². The van der Waals surface area contributed by atoms with Gasteiger partial charge in [-0.25, -0.2) is 9.97 Å².